The number of benzene rings is 1. The lowest BCUT2D eigenvalue weighted by Crippen LogP contribution is -2.13. The van der Waals surface area contributed by atoms with Gasteiger partial charge < -0.3 is 5.32 Å². The Labute approximate surface area is 143 Å². The highest BCUT2D eigenvalue weighted by atomic mass is 127. The van der Waals surface area contributed by atoms with E-state index in [1.807, 2.05) is 17.5 Å². The molecule has 0 aliphatic carbocycles. The molecular formula is C14H17IN2O2S2. The van der Waals surface area contributed by atoms with E-state index in [1.165, 1.54) is 11.3 Å². The predicted molar refractivity (Wildman–Crippen MR) is 96.3 cm³/mol. The number of nitrogens with one attached hydrogen (secondary N) is 2. The summed E-state index contributed by atoms with van der Waals surface area (Å²) in [5.74, 6) is 0. The molecule has 1 aromatic carbocycles. The highest BCUT2D eigenvalue weighted by molar-refractivity contribution is 14.1. The van der Waals surface area contributed by atoms with Gasteiger partial charge in [-0.15, -0.1) is 11.3 Å². The largest absolute Gasteiger partial charge is 0.313 e. The molecule has 0 bridgehead atoms. The summed E-state index contributed by atoms with van der Waals surface area (Å²) < 4.78 is 28.6. The van der Waals surface area contributed by atoms with Gasteiger partial charge in [0.25, 0.3) is 10.0 Å². The molecule has 0 amide bonds. The number of anilines is 1. The molecule has 0 saturated carbocycles. The lowest BCUT2D eigenvalue weighted by molar-refractivity contribution is 0.603. The summed E-state index contributed by atoms with van der Waals surface area (Å²) in [7, 11) is -3.50. The van der Waals surface area contributed by atoms with Crippen LogP contribution in [0.15, 0.2) is 39.9 Å². The molecule has 0 aliphatic rings. The monoisotopic (exact) mass is 436 g/mol. The molecule has 0 atom stereocenters. The maximum atomic E-state index is 12.3. The minimum atomic E-state index is -3.50. The molecule has 0 radical (unpaired) electrons. The van der Waals surface area contributed by atoms with Gasteiger partial charge in [0.05, 0.1) is 0 Å². The fraction of sp³-hybridized carbons (Fsp3) is 0.286. The Morgan fingerprint density at radius 2 is 2.10 bits per heavy atom. The van der Waals surface area contributed by atoms with Crippen molar-refractivity contribution in [2.75, 3.05) is 11.3 Å². The molecule has 0 spiro atoms. The Morgan fingerprint density at radius 3 is 2.81 bits per heavy atom. The molecule has 2 rings (SSSR count). The number of hydrogen-bond donors (Lipinski definition) is 2. The van der Waals surface area contributed by atoms with E-state index in [0.717, 1.165) is 22.1 Å². The topological polar surface area (TPSA) is 58.2 Å². The zero-order valence-electron chi connectivity index (χ0n) is 11.6. The molecular weight excluding hydrogens is 419 g/mol. The summed E-state index contributed by atoms with van der Waals surface area (Å²) in [6, 6.07) is 9.02. The average molecular weight is 436 g/mol. The lowest BCUT2D eigenvalue weighted by atomic mass is 10.3. The number of rotatable bonds is 7. The number of thiophene rings is 1. The summed E-state index contributed by atoms with van der Waals surface area (Å²) in [5.41, 5.74) is 1.58. The van der Waals surface area contributed by atoms with Crippen molar-refractivity contribution in [2.24, 2.45) is 0 Å². The first-order valence-corrected chi connectivity index (χ1v) is 10.0. The molecule has 2 aromatic rings. The van der Waals surface area contributed by atoms with Gasteiger partial charge in [0.15, 0.2) is 0 Å². The third kappa shape index (κ3) is 4.94. The number of sulfonamides is 1. The van der Waals surface area contributed by atoms with Crippen molar-refractivity contribution >= 4 is 49.6 Å². The highest BCUT2D eigenvalue weighted by Gasteiger charge is 2.17. The van der Waals surface area contributed by atoms with Gasteiger partial charge in [-0.1, -0.05) is 13.0 Å². The Balaban J connectivity index is 2.09. The minimum Gasteiger partial charge on any atom is -0.313 e. The highest BCUT2D eigenvalue weighted by Crippen LogP contribution is 2.23. The van der Waals surface area contributed by atoms with Crippen molar-refractivity contribution in [1.29, 1.82) is 0 Å². The minimum absolute atomic E-state index is 0.342. The maximum absolute atomic E-state index is 12.3. The maximum Gasteiger partial charge on any atom is 0.271 e. The molecule has 1 heterocycles. The molecule has 2 N–H and O–H groups in total. The first-order valence-electron chi connectivity index (χ1n) is 6.58. The number of halogens is 1. The fourth-order valence-corrected chi connectivity index (χ4v) is 4.56. The van der Waals surface area contributed by atoms with Crippen LogP contribution in [0.1, 0.15) is 18.9 Å². The average Bonchev–Trinajstić information content (AvgIpc) is 2.88. The van der Waals surface area contributed by atoms with Gasteiger partial charge in [0, 0.05) is 15.8 Å². The molecule has 4 nitrogen and oxygen atoms in total. The molecule has 114 valence electrons. The molecule has 0 fully saturated rings. The van der Waals surface area contributed by atoms with Gasteiger partial charge >= 0.3 is 0 Å². The van der Waals surface area contributed by atoms with E-state index in [-0.39, 0.29) is 0 Å². The SMILES string of the molecule is CCCNCc1csc(S(=O)(=O)Nc2cccc(I)c2)c1. The van der Waals surface area contributed by atoms with Gasteiger partial charge in [0.2, 0.25) is 0 Å². The fourth-order valence-electron chi connectivity index (χ4n) is 1.75. The zero-order valence-corrected chi connectivity index (χ0v) is 15.4. The summed E-state index contributed by atoms with van der Waals surface area (Å²) in [5, 5.41) is 5.14. The van der Waals surface area contributed by atoms with Crippen LogP contribution in [0.2, 0.25) is 0 Å². The van der Waals surface area contributed by atoms with E-state index < -0.39 is 10.0 Å². The summed E-state index contributed by atoms with van der Waals surface area (Å²) in [6.07, 6.45) is 1.06. The van der Waals surface area contributed by atoms with Crippen molar-refractivity contribution in [2.45, 2.75) is 24.1 Å². The standard InChI is InChI=1S/C14H17IN2O2S2/c1-2-6-16-9-11-7-14(20-10-11)21(18,19)17-13-5-3-4-12(15)8-13/h3-5,7-8,10,16-17H,2,6,9H2,1H3. The van der Waals surface area contributed by atoms with E-state index in [4.69, 9.17) is 0 Å². The Hall–Kier alpha value is -0.640. The van der Waals surface area contributed by atoms with E-state index in [0.29, 0.717) is 16.4 Å². The van der Waals surface area contributed by atoms with E-state index in [9.17, 15) is 8.42 Å². The van der Waals surface area contributed by atoms with Crippen LogP contribution in [0.5, 0.6) is 0 Å². The number of hydrogen-bond acceptors (Lipinski definition) is 4. The Morgan fingerprint density at radius 1 is 1.29 bits per heavy atom. The molecule has 0 aliphatic heterocycles. The quantitative estimate of drug-likeness (QED) is 0.515. The van der Waals surface area contributed by atoms with Crippen LogP contribution >= 0.6 is 33.9 Å². The van der Waals surface area contributed by atoms with E-state index >= 15 is 0 Å². The second kappa shape index (κ2) is 7.57. The van der Waals surface area contributed by atoms with Crippen LogP contribution in [0.4, 0.5) is 5.69 Å². The molecule has 0 unspecified atom stereocenters. The van der Waals surface area contributed by atoms with Gasteiger partial charge in [-0.25, -0.2) is 8.42 Å². The second-order valence-corrected chi connectivity index (χ2v) is 8.63. The van der Waals surface area contributed by atoms with Crippen LogP contribution in [0, 0.1) is 3.57 Å². The van der Waals surface area contributed by atoms with Crippen molar-refractivity contribution in [3.05, 3.63) is 44.8 Å². The van der Waals surface area contributed by atoms with Crippen LogP contribution < -0.4 is 10.0 Å². The molecule has 0 saturated heterocycles. The van der Waals surface area contributed by atoms with Crippen LogP contribution in [0.25, 0.3) is 0 Å². The van der Waals surface area contributed by atoms with Gasteiger partial charge in [0.1, 0.15) is 4.21 Å². The van der Waals surface area contributed by atoms with Crippen molar-refractivity contribution in [3.63, 3.8) is 0 Å². The Kier molecular flexibility index (Phi) is 6.03. The van der Waals surface area contributed by atoms with Crippen molar-refractivity contribution < 1.29 is 8.42 Å². The molecule has 7 heteroatoms. The van der Waals surface area contributed by atoms with Gasteiger partial charge in [-0.2, -0.15) is 0 Å². The van der Waals surface area contributed by atoms with Crippen molar-refractivity contribution in [1.82, 2.24) is 5.32 Å². The van der Waals surface area contributed by atoms with Gasteiger partial charge in [-0.05, 0) is 70.8 Å². The first-order chi connectivity index (χ1) is 10.0. The summed E-state index contributed by atoms with van der Waals surface area (Å²) in [4.78, 5) is 0. The summed E-state index contributed by atoms with van der Waals surface area (Å²) >= 11 is 3.40. The third-order valence-corrected chi connectivity index (χ3v) is 6.27. The zero-order chi connectivity index (χ0) is 15.3. The van der Waals surface area contributed by atoms with Crippen molar-refractivity contribution in [3.8, 4) is 0 Å². The lowest BCUT2D eigenvalue weighted by Gasteiger charge is -2.06. The van der Waals surface area contributed by atoms with Gasteiger partial charge in [-0.3, -0.25) is 4.72 Å². The smallest absolute Gasteiger partial charge is 0.271 e. The molecule has 1 aromatic heterocycles. The third-order valence-electron chi connectivity index (χ3n) is 2.73. The normalized spacial score (nSPS) is 11.5. The summed E-state index contributed by atoms with van der Waals surface area (Å²) in [6.45, 7) is 3.73. The molecule has 21 heavy (non-hydrogen) atoms. The Bertz CT molecular complexity index is 699. The van der Waals surface area contributed by atoms with Crippen LogP contribution in [-0.2, 0) is 16.6 Å². The predicted octanol–water partition coefficient (Wildman–Crippen LogP) is 3.65. The van der Waals surface area contributed by atoms with E-state index in [2.05, 4.69) is 39.6 Å². The van der Waals surface area contributed by atoms with Crippen LogP contribution in [-0.4, -0.2) is 15.0 Å². The second-order valence-electron chi connectivity index (χ2n) is 4.57. The van der Waals surface area contributed by atoms with E-state index in [1.54, 1.807) is 18.2 Å². The first kappa shape index (κ1) is 16.7. The van der Waals surface area contributed by atoms with Crippen LogP contribution in [0.3, 0.4) is 0 Å².